The molecule has 4 aromatic heterocycles. The summed E-state index contributed by atoms with van der Waals surface area (Å²) in [5, 5.41) is 11.9. The summed E-state index contributed by atoms with van der Waals surface area (Å²) in [4.78, 5) is 12.1. The third-order valence-corrected chi connectivity index (χ3v) is 5.71. The highest BCUT2D eigenvalue weighted by molar-refractivity contribution is 6.00. The van der Waals surface area contributed by atoms with E-state index in [9.17, 15) is 0 Å². The van der Waals surface area contributed by atoms with Crippen molar-refractivity contribution in [1.82, 2.24) is 29.9 Å². The van der Waals surface area contributed by atoms with E-state index in [0.717, 1.165) is 57.3 Å². The van der Waals surface area contributed by atoms with Gasteiger partial charge in [-0.15, -0.1) is 0 Å². The number of nitrogens with one attached hydrogen (secondary N) is 1. The fourth-order valence-electron chi connectivity index (χ4n) is 4.23. The second kappa shape index (κ2) is 7.21. The lowest BCUT2D eigenvalue weighted by atomic mass is 10.0. The maximum Gasteiger partial charge on any atom is 0.136 e. The van der Waals surface area contributed by atoms with Crippen LogP contribution in [-0.2, 0) is 11.8 Å². The second-order valence-electron chi connectivity index (χ2n) is 7.87. The van der Waals surface area contributed by atoms with Crippen molar-refractivity contribution in [3.05, 3.63) is 41.9 Å². The Labute approximate surface area is 174 Å². The van der Waals surface area contributed by atoms with Crippen LogP contribution in [0.25, 0.3) is 33.5 Å². The zero-order chi connectivity index (χ0) is 20.8. The Morgan fingerprint density at radius 3 is 2.73 bits per heavy atom. The van der Waals surface area contributed by atoms with Gasteiger partial charge in [-0.1, -0.05) is 6.07 Å². The molecule has 0 spiro atoms. The molecule has 0 bridgehead atoms. The minimum absolute atomic E-state index is 0.251. The molecular formula is C22H25N7O. The van der Waals surface area contributed by atoms with E-state index in [1.165, 1.54) is 0 Å². The molecule has 1 saturated heterocycles. The zero-order valence-corrected chi connectivity index (χ0v) is 17.7. The van der Waals surface area contributed by atoms with E-state index in [4.69, 9.17) is 19.8 Å². The summed E-state index contributed by atoms with van der Waals surface area (Å²) >= 11 is 0. The van der Waals surface area contributed by atoms with Gasteiger partial charge in [-0.25, -0.2) is 4.98 Å². The molecule has 1 atom stereocenters. The van der Waals surface area contributed by atoms with Crippen molar-refractivity contribution in [1.29, 1.82) is 0 Å². The van der Waals surface area contributed by atoms with Gasteiger partial charge in [0.15, 0.2) is 0 Å². The number of pyridine rings is 2. The molecule has 8 heteroatoms. The number of aryl methyl sites for hydroxylation is 3. The van der Waals surface area contributed by atoms with Gasteiger partial charge in [0.25, 0.3) is 0 Å². The van der Waals surface area contributed by atoms with Crippen molar-refractivity contribution < 1.29 is 4.74 Å². The van der Waals surface area contributed by atoms with Crippen molar-refractivity contribution in [3.63, 3.8) is 0 Å². The molecular weight excluding hydrogens is 378 g/mol. The first-order chi connectivity index (χ1) is 14.5. The predicted molar refractivity (Wildman–Crippen MR) is 116 cm³/mol. The number of anilines is 1. The van der Waals surface area contributed by atoms with E-state index in [2.05, 4.69) is 47.1 Å². The number of rotatable bonds is 3. The summed E-state index contributed by atoms with van der Waals surface area (Å²) < 4.78 is 7.55. The highest BCUT2D eigenvalue weighted by atomic mass is 16.5. The van der Waals surface area contributed by atoms with Gasteiger partial charge in [0.1, 0.15) is 17.0 Å². The van der Waals surface area contributed by atoms with Crippen molar-refractivity contribution in [2.45, 2.75) is 26.8 Å². The Bertz CT molecular complexity index is 1210. The maximum atomic E-state index is 5.65. The SMILES string of the molecule is Cc1ccc(-c2cc(N3CCOC[C@H]3C)nc3c(-c4ccn[nH]4)nn(C)c23)c(C)n1. The van der Waals surface area contributed by atoms with Crippen LogP contribution in [0.1, 0.15) is 18.3 Å². The Morgan fingerprint density at radius 2 is 2.00 bits per heavy atom. The van der Waals surface area contributed by atoms with Crippen LogP contribution in [-0.4, -0.2) is 55.7 Å². The average molecular weight is 403 g/mol. The van der Waals surface area contributed by atoms with Crippen LogP contribution in [0, 0.1) is 13.8 Å². The Hall–Kier alpha value is -3.26. The number of hydrogen-bond donors (Lipinski definition) is 1. The topological polar surface area (TPSA) is 84.8 Å². The lowest BCUT2D eigenvalue weighted by molar-refractivity contribution is 0.0986. The summed E-state index contributed by atoms with van der Waals surface area (Å²) in [6, 6.07) is 8.54. The van der Waals surface area contributed by atoms with Crippen molar-refractivity contribution in [3.8, 4) is 22.5 Å². The smallest absolute Gasteiger partial charge is 0.136 e. The molecule has 0 amide bonds. The fraction of sp³-hybridized carbons (Fsp3) is 0.364. The summed E-state index contributed by atoms with van der Waals surface area (Å²) in [5.41, 5.74) is 7.66. The summed E-state index contributed by atoms with van der Waals surface area (Å²) in [5.74, 6) is 0.932. The molecule has 5 rings (SSSR count). The third-order valence-electron chi connectivity index (χ3n) is 5.71. The van der Waals surface area contributed by atoms with Crippen LogP contribution in [0.3, 0.4) is 0 Å². The lowest BCUT2D eigenvalue weighted by Gasteiger charge is -2.34. The first kappa shape index (κ1) is 18.7. The largest absolute Gasteiger partial charge is 0.377 e. The summed E-state index contributed by atoms with van der Waals surface area (Å²) in [7, 11) is 1.96. The van der Waals surface area contributed by atoms with Gasteiger partial charge in [0.05, 0.1) is 30.5 Å². The van der Waals surface area contributed by atoms with Crippen LogP contribution in [0.4, 0.5) is 5.82 Å². The molecule has 1 fully saturated rings. The van der Waals surface area contributed by atoms with Crippen LogP contribution >= 0.6 is 0 Å². The van der Waals surface area contributed by atoms with E-state index in [1.807, 2.05) is 24.7 Å². The number of aromatic amines is 1. The first-order valence-corrected chi connectivity index (χ1v) is 10.2. The molecule has 0 saturated carbocycles. The van der Waals surface area contributed by atoms with Crippen molar-refractivity contribution in [2.24, 2.45) is 7.05 Å². The maximum absolute atomic E-state index is 5.65. The molecule has 1 N–H and O–H groups in total. The third kappa shape index (κ3) is 3.04. The normalized spacial score (nSPS) is 17.1. The van der Waals surface area contributed by atoms with Gasteiger partial charge in [-0.3, -0.25) is 14.8 Å². The zero-order valence-electron chi connectivity index (χ0n) is 17.7. The molecule has 1 aliphatic heterocycles. The minimum Gasteiger partial charge on any atom is -0.377 e. The van der Waals surface area contributed by atoms with E-state index < -0.39 is 0 Å². The predicted octanol–water partition coefficient (Wildman–Crippen LogP) is 3.26. The lowest BCUT2D eigenvalue weighted by Crippen LogP contribution is -2.44. The molecule has 4 aromatic rings. The highest BCUT2D eigenvalue weighted by Gasteiger charge is 2.25. The van der Waals surface area contributed by atoms with Crippen LogP contribution in [0.2, 0.25) is 0 Å². The van der Waals surface area contributed by atoms with E-state index in [0.29, 0.717) is 13.2 Å². The van der Waals surface area contributed by atoms with Gasteiger partial charge in [-0.2, -0.15) is 10.2 Å². The molecule has 0 radical (unpaired) electrons. The van der Waals surface area contributed by atoms with Crippen LogP contribution < -0.4 is 4.90 Å². The van der Waals surface area contributed by atoms with Gasteiger partial charge in [0, 0.05) is 42.3 Å². The second-order valence-corrected chi connectivity index (χ2v) is 7.87. The monoisotopic (exact) mass is 403 g/mol. The van der Waals surface area contributed by atoms with E-state index in [-0.39, 0.29) is 6.04 Å². The van der Waals surface area contributed by atoms with Gasteiger partial charge < -0.3 is 9.64 Å². The number of ether oxygens (including phenoxy) is 1. The Morgan fingerprint density at radius 1 is 1.13 bits per heavy atom. The number of nitrogens with zero attached hydrogens (tertiary/aromatic N) is 6. The quantitative estimate of drug-likeness (QED) is 0.565. The molecule has 154 valence electrons. The van der Waals surface area contributed by atoms with Gasteiger partial charge in [-0.05, 0) is 39.0 Å². The molecule has 0 aromatic carbocycles. The summed E-state index contributed by atoms with van der Waals surface area (Å²) in [6.45, 7) is 8.44. The van der Waals surface area contributed by atoms with E-state index in [1.54, 1.807) is 6.20 Å². The number of aromatic nitrogens is 6. The highest BCUT2D eigenvalue weighted by Crippen LogP contribution is 2.37. The number of fused-ring (bicyclic) bond motifs is 1. The number of morpholine rings is 1. The molecule has 0 unspecified atom stereocenters. The minimum atomic E-state index is 0.251. The average Bonchev–Trinajstić information content (AvgIpc) is 3.36. The Balaban J connectivity index is 1.81. The van der Waals surface area contributed by atoms with Crippen molar-refractivity contribution >= 4 is 16.9 Å². The van der Waals surface area contributed by atoms with Crippen molar-refractivity contribution in [2.75, 3.05) is 24.7 Å². The van der Waals surface area contributed by atoms with Crippen LogP contribution in [0.5, 0.6) is 0 Å². The standard InChI is InChI=1S/C22H25N7O/c1-13-5-6-16(15(3)24-13)17-11-19(29-9-10-30-12-14(29)2)25-21-20(18-7-8-23-26-18)27-28(4)22(17)21/h5-8,11,14H,9-10,12H2,1-4H3,(H,23,26)/t14-/m1/s1. The fourth-order valence-corrected chi connectivity index (χ4v) is 4.23. The molecule has 5 heterocycles. The molecule has 30 heavy (non-hydrogen) atoms. The molecule has 1 aliphatic rings. The first-order valence-electron chi connectivity index (χ1n) is 10.2. The van der Waals surface area contributed by atoms with Gasteiger partial charge in [0.2, 0.25) is 0 Å². The number of H-pyrrole nitrogens is 1. The molecule has 8 nitrogen and oxygen atoms in total. The van der Waals surface area contributed by atoms with Crippen LogP contribution in [0.15, 0.2) is 30.5 Å². The van der Waals surface area contributed by atoms with E-state index >= 15 is 0 Å². The van der Waals surface area contributed by atoms with Gasteiger partial charge >= 0.3 is 0 Å². The summed E-state index contributed by atoms with van der Waals surface area (Å²) in [6.07, 6.45) is 1.73. The Kier molecular flexibility index (Phi) is 4.51. The molecule has 0 aliphatic carbocycles. The number of hydrogen-bond acceptors (Lipinski definition) is 6.